The lowest BCUT2D eigenvalue weighted by atomic mass is 9.94. The van der Waals surface area contributed by atoms with Gasteiger partial charge >= 0.3 is 18.5 Å². The van der Waals surface area contributed by atoms with Crippen molar-refractivity contribution in [3.63, 3.8) is 0 Å². The highest BCUT2D eigenvalue weighted by atomic mass is 19.4. The van der Waals surface area contributed by atoms with E-state index in [1.165, 1.54) is 38.1 Å². The molecule has 0 fully saturated rings. The minimum atomic E-state index is -5.33. The van der Waals surface area contributed by atoms with Crippen molar-refractivity contribution in [3.05, 3.63) is 181 Å². The van der Waals surface area contributed by atoms with Crippen molar-refractivity contribution in [1.82, 2.24) is 0 Å². The van der Waals surface area contributed by atoms with Gasteiger partial charge in [0.05, 0.1) is 17.2 Å². The van der Waals surface area contributed by atoms with Gasteiger partial charge in [0.15, 0.2) is 75.9 Å². The van der Waals surface area contributed by atoms with Crippen molar-refractivity contribution >= 4 is 6.08 Å². The number of nitrogens with zero attached hydrogens (tertiary/aromatic N) is 5. The molecule has 4 rings (SSSR count). The molecule has 0 bridgehead atoms. The van der Waals surface area contributed by atoms with Crippen LogP contribution >= 0.6 is 0 Å². The smallest absolute Gasteiger partial charge is 0.203 e. The summed E-state index contributed by atoms with van der Waals surface area (Å²) in [6, 6.07) is 13.0. The normalized spacial score (nSPS) is 10.9. The quantitative estimate of drug-likeness (QED) is 0.0435. The third-order valence-electron chi connectivity index (χ3n) is 10.6. The van der Waals surface area contributed by atoms with Crippen LogP contribution in [0.4, 0.5) is 105 Å². The van der Waals surface area contributed by atoms with Gasteiger partial charge in [-0.25, -0.2) is 65.9 Å². The van der Waals surface area contributed by atoms with Gasteiger partial charge in [-0.2, -0.15) is 65.8 Å². The lowest BCUT2D eigenvalue weighted by Crippen LogP contribution is -2.26. The van der Waals surface area contributed by atoms with Gasteiger partial charge in [-0.3, -0.25) is 0 Å². The maximum absolute atomic E-state index is 13.8. The van der Waals surface area contributed by atoms with Crippen molar-refractivity contribution in [2.75, 3.05) is 0 Å². The second-order valence-corrected chi connectivity index (χ2v) is 22.8. The molecule has 0 saturated carbocycles. The zero-order chi connectivity index (χ0) is 79.4. The fraction of sp³-hybridized carbons (Fsp3) is 0.394. The number of nitriles is 5. The SMILES string of the molecule is CC(C)/C=C(\C#N)C(F)(F)F.CC(C)/C=C/C#N.CC(C)/C=C/c1c(F)c(F)c(F)c(F)c1F.CC(C)C#CC#N.CC(C)C#Cc1c(F)c(F)c(F)c(F)c1F.CC(C)C=C(C#N)C#N.CC(C)C=C(C(F)(F)F)C(F)(F)F.Cc1cc(-c2c(F)c(F)c(F)c(F)c2F)cc(C(C)C)c1. The maximum atomic E-state index is 13.8. The molecule has 0 spiro atoms. The van der Waals surface area contributed by atoms with Crippen LogP contribution in [0.15, 0.2) is 71.4 Å². The van der Waals surface area contributed by atoms with Crippen LogP contribution in [-0.4, -0.2) is 18.5 Å². The first kappa shape index (κ1) is 96.9. The van der Waals surface area contributed by atoms with Crippen LogP contribution in [0.5, 0.6) is 0 Å². The van der Waals surface area contributed by atoms with E-state index in [0.717, 1.165) is 23.8 Å². The average Bonchev–Trinajstić information content (AvgIpc) is 0.778. The van der Waals surface area contributed by atoms with Gasteiger partial charge in [0.25, 0.3) is 0 Å². The molecule has 0 aliphatic carbocycles. The van der Waals surface area contributed by atoms with E-state index in [9.17, 15) is 105 Å². The van der Waals surface area contributed by atoms with E-state index in [2.05, 4.69) is 17.8 Å². The maximum Gasteiger partial charge on any atom is 0.425 e. The van der Waals surface area contributed by atoms with Crippen molar-refractivity contribution in [2.24, 2.45) is 41.4 Å². The van der Waals surface area contributed by atoms with Crippen LogP contribution in [0.1, 0.15) is 139 Å². The Labute approximate surface area is 565 Å². The molecule has 546 valence electrons. The van der Waals surface area contributed by atoms with E-state index in [-0.39, 0.29) is 46.8 Å². The molecule has 0 aromatic heterocycles. The minimum Gasteiger partial charge on any atom is -0.203 e. The van der Waals surface area contributed by atoms with E-state index in [0.29, 0.717) is 17.4 Å². The zero-order valence-electron chi connectivity index (χ0n) is 56.7. The highest BCUT2D eigenvalue weighted by Gasteiger charge is 2.50. The molecular weight excluding hydrogens is 1380 g/mol. The molecule has 0 atom stereocenters. The molecule has 0 aliphatic heterocycles. The Morgan fingerprint density at radius 2 is 0.770 bits per heavy atom. The van der Waals surface area contributed by atoms with Crippen LogP contribution < -0.4 is 0 Å². The van der Waals surface area contributed by atoms with Crippen molar-refractivity contribution < 1.29 is 105 Å². The minimum absolute atomic E-state index is 0.0218. The highest BCUT2D eigenvalue weighted by molar-refractivity contribution is 5.67. The van der Waals surface area contributed by atoms with E-state index in [4.69, 9.17) is 26.3 Å². The van der Waals surface area contributed by atoms with Gasteiger partial charge in [-0.1, -0.05) is 189 Å². The average molecular weight is 1450 g/mol. The van der Waals surface area contributed by atoms with Gasteiger partial charge in [-0.15, -0.1) is 0 Å². The molecule has 0 heterocycles. The van der Waals surface area contributed by atoms with Crippen molar-refractivity contribution in [3.8, 4) is 65.2 Å². The van der Waals surface area contributed by atoms with Gasteiger partial charge < -0.3 is 0 Å². The van der Waals surface area contributed by atoms with E-state index < -0.39 is 140 Å². The number of allylic oxidation sites excluding steroid dienone is 9. The van der Waals surface area contributed by atoms with Gasteiger partial charge in [0.2, 0.25) is 17.5 Å². The summed E-state index contributed by atoms with van der Waals surface area (Å²) in [7, 11) is 0. The predicted molar refractivity (Wildman–Crippen MR) is 330 cm³/mol. The number of rotatable bonds is 8. The number of aryl methyl sites for hydroxylation is 1. The molecule has 100 heavy (non-hydrogen) atoms. The van der Waals surface area contributed by atoms with Crippen LogP contribution in [-0.2, 0) is 0 Å². The predicted octanol–water partition coefficient (Wildman–Crippen LogP) is 23.8. The second kappa shape index (κ2) is 45.9. The number of hydrogen-bond acceptors (Lipinski definition) is 5. The molecule has 4 aromatic carbocycles. The summed E-state index contributed by atoms with van der Waals surface area (Å²) < 4.78 is 302. The summed E-state index contributed by atoms with van der Waals surface area (Å²) in [6.07, 6.45) is -6.85. The molecule has 0 radical (unpaired) electrons. The molecular formula is C71H69F24N5. The zero-order valence-corrected chi connectivity index (χ0v) is 56.7. The fourth-order valence-corrected chi connectivity index (χ4v) is 6.19. The Kier molecular flexibility index (Phi) is 44.5. The Hall–Kier alpha value is -9.53. The molecule has 5 nitrogen and oxygen atoms in total. The third-order valence-corrected chi connectivity index (χ3v) is 10.6. The summed E-state index contributed by atoms with van der Waals surface area (Å²) in [5.74, 6) is -20.1. The number of benzene rings is 4. The molecule has 0 unspecified atom stereocenters. The Morgan fingerprint density at radius 3 is 1.02 bits per heavy atom. The van der Waals surface area contributed by atoms with E-state index in [1.54, 1.807) is 78.8 Å². The fourth-order valence-electron chi connectivity index (χ4n) is 6.19. The number of halogens is 24. The molecule has 29 heteroatoms. The Bertz CT molecular complexity index is 3740. The summed E-state index contributed by atoms with van der Waals surface area (Å²) in [5, 5.41) is 40.4. The summed E-state index contributed by atoms with van der Waals surface area (Å²) in [4.78, 5) is 0. The first-order valence-corrected chi connectivity index (χ1v) is 29.0. The lowest BCUT2D eigenvalue weighted by molar-refractivity contribution is -0.172. The van der Waals surface area contributed by atoms with Crippen LogP contribution in [0.2, 0.25) is 0 Å². The largest absolute Gasteiger partial charge is 0.425 e. The second-order valence-electron chi connectivity index (χ2n) is 22.8. The van der Waals surface area contributed by atoms with Gasteiger partial charge in [0.1, 0.15) is 40.5 Å². The molecule has 0 N–H and O–H groups in total. The number of alkyl halides is 9. The van der Waals surface area contributed by atoms with E-state index in [1.807, 2.05) is 73.5 Å². The molecule has 0 saturated heterocycles. The molecule has 0 aliphatic rings. The highest BCUT2D eigenvalue weighted by Crippen LogP contribution is 2.39. The molecule has 0 amide bonds. The monoisotopic (exact) mass is 1450 g/mol. The van der Waals surface area contributed by atoms with Gasteiger partial charge in [-0.05, 0) is 53.6 Å². The topological polar surface area (TPSA) is 119 Å². The summed E-state index contributed by atoms with van der Waals surface area (Å²) >= 11 is 0. The Balaban J connectivity index is -0.000000541. The lowest BCUT2D eigenvalue weighted by Gasteiger charge is -2.15. The number of hydrogen-bond donors (Lipinski definition) is 0. The summed E-state index contributed by atoms with van der Waals surface area (Å²) in [5.41, 5.74) is -4.83. The first-order valence-electron chi connectivity index (χ1n) is 29.0. The van der Waals surface area contributed by atoms with Crippen LogP contribution in [0.25, 0.3) is 17.2 Å². The Morgan fingerprint density at radius 1 is 0.400 bits per heavy atom. The van der Waals surface area contributed by atoms with Gasteiger partial charge in [0, 0.05) is 23.8 Å². The van der Waals surface area contributed by atoms with Crippen LogP contribution in [0.3, 0.4) is 0 Å². The standard InChI is InChI=1S/C16H13F5.C11H9F5.C11H7F5.C7H8F6.C7H8F3N.C7H8N2.C6H9N.C6H7N/c1-7(2)9-4-8(3)5-10(6-9)11-12(17)14(19)16(21)15(20)13(11)18;2*1-5(2)3-4-6-7(12)9(14)11(16)10(15)8(6)13;1-4(2)3-5(6(8,9)10)7(11,12)13;1-5(2)3-6(4-11)7(8,9)10;1-6(2)3-7(4-8)5-9;2*1-6(2)4-3-5-7/h4-7H,1-3H3;3-5H,1-2H3;5H,1-2H3;3-4H,1-2H3;3,5H,1-2H3;3,6H,1-2H3;3-4,6H,1-2H3;6H,1-2H3/b;4-3+;;;6-3+;;4-3+;. The first-order chi connectivity index (χ1) is 45.6. The van der Waals surface area contributed by atoms with Crippen molar-refractivity contribution in [2.45, 2.75) is 142 Å². The van der Waals surface area contributed by atoms with Crippen molar-refractivity contribution in [1.29, 1.82) is 26.3 Å². The van der Waals surface area contributed by atoms with E-state index >= 15 is 0 Å². The summed E-state index contributed by atoms with van der Waals surface area (Å²) in [6.45, 7) is 29.6. The molecule has 4 aromatic rings. The third kappa shape index (κ3) is 36.3. The van der Waals surface area contributed by atoms with Crippen LogP contribution in [0, 0.1) is 216 Å².